The number of para-hydroxylation sites is 1. The summed E-state index contributed by atoms with van der Waals surface area (Å²) < 4.78 is 6.25. The van der Waals surface area contributed by atoms with Gasteiger partial charge in [-0.15, -0.1) is 0 Å². The molecule has 18 heavy (non-hydrogen) atoms. The van der Waals surface area contributed by atoms with E-state index >= 15 is 0 Å². The minimum absolute atomic E-state index is 0.203. The van der Waals surface area contributed by atoms with Crippen LogP contribution in [0.2, 0.25) is 0 Å². The van der Waals surface area contributed by atoms with E-state index in [9.17, 15) is 4.79 Å². The standard InChI is InChI=1S/C16H20O2/c17-14-12-16(10-6-2-1-3-7-11-16)18-15-9-5-4-8-13(14)15/h4-5,8-9H,1-3,6-7,10-12H2. The van der Waals surface area contributed by atoms with Crippen LogP contribution in [0.25, 0.3) is 0 Å². The fraction of sp³-hybridized carbons (Fsp3) is 0.562. The molecule has 2 nitrogen and oxygen atoms in total. The maximum atomic E-state index is 12.3. The molecule has 0 atom stereocenters. The van der Waals surface area contributed by atoms with E-state index in [1.54, 1.807) is 0 Å². The van der Waals surface area contributed by atoms with Crippen molar-refractivity contribution in [2.24, 2.45) is 0 Å². The van der Waals surface area contributed by atoms with Crippen LogP contribution in [0.1, 0.15) is 61.7 Å². The molecule has 2 aliphatic rings. The van der Waals surface area contributed by atoms with Gasteiger partial charge in [-0.2, -0.15) is 0 Å². The fourth-order valence-corrected chi connectivity index (χ4v) is 3.27. The Morgan fingerprint density at radius 2 is 1.61 bits per heavy atom. The molecule has 1 aromatic rings. The Kier molecular flexibility index (Phi) is 3.11. The van der Waals surface area contributed by atoms with E-state index in [4.69, 9.17) is 4.74 Å². The number of ether oxygens (including phenoxy) is 1. The Hall–Kier alpha value is -1.31. The Labute approximate surface area is 108 Å². The molecule has 1 aromatic carbocycles. The first-order chi connectivity index (χ1) is 8.79. The van der Waals surface area contributed by atoms with Crippen molar-refractivity contribution in [3.8, 4) is 5.75 Å². The molecule has 0 saturated heterocycles. The van der Waals surface area contributed by atoms with Crippen LogP contribution in [-0.4, -0.2) is 11.4 Å². The van der Waals surface area contributed by atoms with Gasteiger partial charge >= 0.3 is 0 Å². The highest BCUT2D eigenvalue weighted by atomic mass is 16.5. The van der Waals surface area contributed by atoms with Gasteiger partial charge in [-0.3, -0.25) is 4.79 Å². The van der Waals surface area contributed by atoms with Crippen molar-refractivity contribution in [2.45, 2.75) is 57.0 Å². The van der Waals surface area contributed by atoms with Gasteiger partial charge in [0.2, 0.25) is 0 Å². The first kappa shape index (κ1) is 11.8. The summed E-state index contributed by atoms with van der Waals surface area (Å²) in [5.41, 5.74) is 0.566. The van der Waals surface area contributed by atoms with Crippen LogP contribution in [-0.2, 0) is 0 Å². The third-order valence-corrected chi connectivity index (χ3v) is 4.26. The van der Waals surface area contributed by atoms with Crippen molar-refractivity contribution < 1.29 is 9.53 Å². The van der Waals surface area contributed by atoms with Crippen LogP contribution in [0.3, 0.4) is 0 Å². The average molecular weight is 244 g/mol. The van der Waals surface area contributed by atoms with Gasteiger partial charge < -0.3 is 4.74 Å². The van der Waals surface area contributed by atoms with Gasteiger partial charge in [-0.1, -0.05) is 31.4 Å². The first-order valence-corrected chi connectivity index (χ1v) is 7.10. The highest BCUT2D eigenvalue weighted by molar-refractivity contribution is 6.00. The smallest absolute Gasteiger partial charge is 0.170 e. The lowest BCUT2D eigenvalue weighted by Gasteiger charge is -2.39. The molecular weight excluding hydrogens is 224 g/mol. The molecule has 1 heterocycles. The molecule has 2 heteroatoms. The number of rotatable bonds is 0. The lowest BCUT2D eigenvalue weighted by Crippen LogP contribution is -2.42. The lowest BCUT2D eigenvalue weighted by atomic mass is 9.80. The number of Topliss-reactive ketones (excluding diaryl/α,β-unsaturated/α-hetero) is 1. The van der Waals surface area contributed by atoms with Gasteiger partial charge in [0.25, 0.3) is 0 Å². The average Bonchev–Trinajstić information content (AvgIpc) is 2.35. The zero-order valence-electron chi connectivity index (χ0n) is 10.8. The summed E-state index contributed by atoms with van der Waals surface area (Å²) in [6, 6.07) is 7.69. The van der Waals surface area contributed by atoms with Crippen molar-refractivity contribution in [3.05, 3.63) is 29.8 Å². The molecule has 96 valence electrons. The van der Waals surface area contributed by atoms with Crippen LogP contribution >= 0.6 is 0 Å². The number of hydrogen-bond donors (Lipinski definition) is 0. The predicted molar refractivity (Wildman–Crippen MR) is 71.1 cm³/mol. The van der Waals surface area contributed by atoms with Gasteiger partial charge in [0.15, 0.2) is 5.78 Å². The molecule has 0 N–H and O–H groups in total. The minimum atomic E-state index is -0.203. The highest BCUT2D eigenvalue weighted by Gasteiger charge is 2.39. The molecule has 0 bridgehead atoms. The molecule has 0 radical (unpaired) electrons. The fourth-order valence-electron chi connectivity index (χ4n) is 3.27. The van der Waals surface area contributed by atoms with E-state index in [-0.39, 0.29) is 11.4 Å². The molecule has 0 amide bonds. The zero-order chi connectivity index (χ0) is 12.4. The monoisotopic (exact) mass is 244 g/mol. The minimum Gasteiger partial charge on any atom is -0.486 e. The Morgan fingerprint density at radius 1 is 0.944 bits per heavy atom. The lowest BCUT2D eigenvalue weighted by molar-refractivity contribution is 0.0215. The summed E-state index contributed by atoms with van der Waals surface area (Å²) >= 11 is 0. The van der Waals surface area contributed by atoms with Crippen LogP contribution in [0, 0.1) is 0 Å². The third-order valence-electron chi connectivity index (χ3n) is 4.26. The first-order valence-electron chi connectivity index (χ1n) is 7.10. The number of benzene rings is 1. The van der Waals surface area contributed by atoms with Gasteiger partial charge in [-0.05, 0) is 37.8 Å². The second-order valence-corrected chi connectivity index (χ2v) is 5.65. The summed E-state index contributed by atoms with van der Waals surface area (Å²) in [5.74, 6) is 1.06. The summed E-state index contributed by atoms with van der Waals surface area (Å²) in [6.07, 6.45) is 8.91. The van der Waals surface area contributed by atoms with E-state index in [2.05, 4.69) is 0 Å². The van der Waals surface area contributed by atoms with Gasteiger partial charge in [0.05, 0.1) is 12.0 Å². The molecule has 0 aromatic heterocycles. The van der Waals surface area contributed by atoms with Gasteiger partial charge in [0, 0.05) is 0 Å². The highest BCUT2D eigenvalue weighted by Crippen LogP contribution is 2.40. The van der Waals surface area contributed by atoms with Crippen molar-refractivity contribution in [1.29, 1.82) is 0 Å². The van der Waals surface area contributed by atoms with Crippen LogP contribution < -0.4 is 4.74 Å². The van der Waals surface area contributed by atoms with Crippen molar-refractivity contribution in [1.82, 2.24) is 0 Å². The molecule has 1 saturated carbocycles. The molecular formula is C16H20O2. The molecule has 3 rings (SSSR count). The number of ketones is 1. The number of carbonyl (C=O) groups excluding carboxylic acids is 1. The Morgan fingerprint density at radius 3 is 2.39 bits per heavy atom. The summed E-state index contributed by atoms with van der Waals surface area (Å²) in [6.45, 7) is 0. The van der Waals surface area contributed by atoms with E-state index in [1.807, 2.05) is 24.3 Å². The van der Waals surface area contributed by atoms with Crippen molar-refractivity contribution >= 4 is 5.78 Å². The third kappa shape index (κ3) is 2.16. The maximum Gasteiger partial charge on any atom is 0.170 e. The van der Waals surface area contributed by atoms with Crippen LogP contribution in [0.15, 0.2) is 24.3 Å². The Balaban J connectivity index is 1.89. The summed E-state index contributed by atoms with van der Waals surface area (Å²) in [4.78, 5) is 12.3. The maximum absolute atomic E-state index is 12.3. The SMILES string of the molecule is O=C1CC2(CCCCCCC2)Oc2ccccc21. The normalized spacial score (nSPS) is 22.8. The second kappa shape index (κ2) is 4.75. The van der Waals surface area contributed by atoms with Crippen molar-refractivity contribution in [2.75, 3.05) is 0 Å². The summed E-state index contributed by atoms with van der Waals surface area (Å²) in [5, 5.41) is 0. The Bertz CT molecular complexity index is 442. The number of fused-ring (bicyclic) bond motifs is 1. The molecule has 1 spiro atoms. The largest absolute Gasteiger partial charge is 0.486 e. The van der Waals surface area contributed by atoms with Crippen LogP contribution in [0.4, 0.5) is 0 Å². The van der Waals surface area contributed by atoms with Crippen molar-refractivity contribution in [3.63, 3.8) is 0 Å². The van der Waals surface area contributed by atoms with Gasteiger partial charge in [-0.25, -0.2) is 0 Å². The van der Waals surface area contributed by atoms with Crippen LogP contribution in [0.5, 0.6) is 5.75 Å². The van der Waals surface area contributed by atoms with E-state index < -0.39 is 0 Å². The van der Waals surface area contributed by atoms with E-state index in [0.29, 0.717) is 6.42 Å². The number of carbonyl (C=O) groups is 1. The van der Waals surface area contributed by atoms with E-state index in [1.165, 1.54) is 32.1 Å². The molecule has 1 fully saturated rings. The molecule has 1 aliphatic heterocycles. The quantitative estimate of drug-likeness (QED) is 0.685. The second-order valence-electron chi connectivity index (χ2n) is 5.65. The zero-order valence-corrected chi connectivity index (χ0v) is 10.8. The van der Waals surface area contributed by atoms with Gasteiger partial charge in [0.1, 0.15) is 11.4 Å². The molecule has 0 unspecified atom stereocenters. The topological polar surface area (TPSA) is 26.3 Å². The van der Waals surface area contributed by atoms with E-state index in [0.717, 1.165) is 24.2 Å². The number of hydrogen-bond acceptors (Lipinski definition) is 2. The predicted octanol–water partition coefficient (Wildman–Crippen LogP) is 4.13. The summed E-state index contributed by atoms with van der Waals surface area (Å²) in [7, 11) is 0. The molecule has 1 aliphatic carbocycles.